The molecule has 2 aliphatic carbocycles. The van der Waals surface area contributed by atoms with E-state index in [9.17, 15) is 24.4 Å². The maximum absolute atomic E-state index is 13.5. The molecule has 0 unspecified atom stereocenters. The molecule has 2 amide bonds. The maximum atomic E-state index is 13.5. The molecule has 182 valence electrons. The van der Waals surface area contributed by atoms with Crippen molar-refractivity contribution in [3.63, 3.8) is 0 Å². The zero-order valence-corrected chi connectivity index (χ0v) is 19.8. The van der Waals surface area contributed by atoms with Crippen LogP contribution in [0.25, 0.3) is 0 Å². The summed E-state index contributed by atoms with van der Waals surface area (Å²) in [6, 6.07) is 2.18. The van der Waals surface area contributed by atoms with Crippen molar-refractivity contribution in [2.75, 3.05) is 13.2 Å². The minimum Gasteiger partial charge on any atom is -0.462 e. The summed E-state index contributed by atoms with van der Waals surface area (Å²) in [6.45, 7) is 4.12. The topological polar surface area (TPSA) is 132 Å². The van der Waals surface area contributed by atoms with Crippen molar-refractivity contribution >= 4 is 23.6 Å². The molecule has 1 aliphatic heterocycles. The van der Waals surface area contributed by atoms with E-state index in [4.69, 9.17) is 4.74 Å². The molecule has 0 radical (unpaired) electrons. The summed E-state index contributed by atoms with van der Waals surface area (Å²) in [5, 5.41) is 12.5. The molecular formula is C25H32N4O5. The number of rotatable bonds is 7. The molecule has 4 rings (SSSR count). The Hall–Kier alpha value is -3.15. The van der Waals surface area contributed by atoms with E-state index in [0.29, 0.717) is 30.6 Å². The average Bonchev–Trinajstić information content (AvgIpc) is 3.57. The van der Waals surface area contributed by atoms with E-state index in [-0.39, 0.29) is 47.7 Å². The second-order valence-electron chi connectivity index (χ2n) is 9.68. The number of aromatic nitrogens is 1. The Morgan fingerprint density at radius 2 is 2.09 bits per heavy atom. The Kier molecular flexibility index (Phi) is 7.05. The molecule has 1 saturated heterocycles. The smallest absolute Gasteiger partial charge is 0.339 e. The lowest BCUT2D eigenvalue weighted by atomic mass is 9.92. The van der Waals surface area contributed by atoms with Crippen LogP contribution in [0, 0.1) is 36.0 Å². The maximum Gasteiger partial charge on any atom is 0.339 e. The lowest BCUT2D eigenvalue weighted by molar-refractivity contribution is -0.127. The highest BCUT2D eigenvalue weighted by atomic mass is 16.5. The number of nitrogens with one attached hydrogen (secondary N) is 2. The number of ether oxygens (including phenoxy) is 1. The minimum absolute atomic E-state index is 0.0389. The van der Waals surface area contributed by atoms with Crippen molar-refractivity contribution < 1.29 is 23.9 Å². The minimum atomic E-state index is -0.764. The third-order valence-electron chi connectivity index (χ3n) is 7.58. The van der Waals surface area contributed by atoms with Gasteiger partial charge >= 0.3 is 5.97 Å². The number of fused-ring (bicyclic) bond motifs is 1. The molecule has 1 aromatic rings. The van der Waals surface area contributed by atoms with Crippen molar-refractivity contribution in [1.29, 1.82) is 5.26 Å². The molecule has 2 saturated carbocycles. The molecule has 2 heterocycles. The number of carbonyl (C=O) groups excluding carboxylic acids is 4. The molecule has 9 heteroatoms. The van der Waals surface area contributed by atoms with E-state index in [2.05, 4.69) is 16.4 Å². The standard InChI is InChI=1S/C25H32N4O5/c1-3-34-25(33)19-11-20(27-14(19)2)24(32)29-13-16-7-4-8-18(16)22(29)23(31)28-17(12-26)10-15-6-5-9-21(15)30/h11,15-18,22,27H,3-10,13H2,1-2H3,(H,28,31)/t15-,16-,17-,18-,22-/m0/s1. The summed E-state index contributed by atoms with van der Waals surface area (Å²) in [6.07, 6.45) is 5.24. The normalized spacial score (nSPS) is 26.7. The first-order valence-corrected chi connectivity index (χ1v) is 12.2. The van der Waals surface area contributed by atoms with E-state index >= 15 is 0 Å². The van der Waals surface area contributed by atoms with Gasteiger partial charge in [0.15, 0.2) is 0 Å². The van der Waals surface area contributed by atoms with Gasteiger partial charge in [0.25, 0.3) is 5.91 Å². The number of nitrogens with zero attached hydrogens (tertiary/aromatic N) is 2. The molecule has 3 aliphatic rings. The van der Waals surface area contributed by atoms with Gasteiger partial charge in [-0.1, -0.05) is 6.42 Å². The van der Waals surface area contributed by atoms with Gasteiger partial charge in [-0.3, -0.25) is 14.4 Å². The van der Waals surface area contributed by atoms with E-state index in [1.165, 1.54) is 6.07 Å². The first-order chi connectivity index (χ1) is 16.3. The average molecular weight is 469 g/mol. The zero-order chi connectivity index (χ0) is 24.4. The lowest BCUT2D eigenvalue weighted by Gasteiger charge is -2.28. The number of hydrogen-bond acceptors (Lipinski definition) is 6. The van der Waals surface area contributed by atoms with Crippen LogP contribution in [0.4, 0.5) is 0 Å². The predicted molar refractivity (Wildman–Crippen MR) is 122 cm³/mol. The molecule has 5 atom stereocenters. The second-order valence-corrected chi connectivity index (χ2v) is 9.68. The van der Waals surface area contributed by atoms with Crippen LogP contribution >= 0.6 is 0 Å². The molecule has 3 fully saturated rings. The molecule has 0 spiro atoms. The highest BCUT2D eigenvalue weighted by Crippen LogP contribution is 2.43. The highest BCUT2D eigenvalue weighted by Gasteiger charge is 2.50. The van der Waals surface area contributed by atoms with Crippen LogP contribution in [-0.4, -0.2) is 58.7 Å². The number of likely N-dealkylation sites (tertiary alicyclic amines) is 1. The molecule has 34 heavy (non-hydrogen) atoms. The largest absolute Gasteiger partial charge is 0.462 e. The third kappa shape index (κ3) is 4.59. The van der Waals surface area contributed by atoms with E-state index in [1.807, 2.05) is 0 Å². The fourth-order valence-electron chi connectivity index (χ4n) is 5.92. The molecule has 2 N–H and O–H groups in total. The number of aromatic amines is 1. The summed E-state index contributed by atoms with van der Waals surface area (Å²) in [7, 11) is 0. The molecular weight excluding hydrogens is 436 g/mol. The Morgan fingerprint density at radius 3 is 2.76 bits per heavy atom. The van der Waals surface area contributed by atoms with Crippen LogP contribution in [0.2, 0.25) is 0 Å². The number of hydrogen-bond donors (Lipinski definition) is 2. The van der Waals surface area contributed by atoms with Crippen LogP contribution in [0.3, 0.4) is 0 Å². The number of carbonyl (C=O) groups is 4. The van der Waals surface area contributed by atoms with Crippen LogP contribution in [0.1, 0.15) is 78.4 Å². The van der Waals surface area contributed by atoms with Gasteiger partial charge in [0, 0.05) is 24.6 Å². The van der Waals surface area contributed by atoms with Crippen molar-refractivity contribution in [2.45, 2.75) is 70.9 Å². The van der Waals surface area contributed by atoms with Gasteiger partial charge in [-0.15, -0.1) is 0 Å². The number of aryl methyl sites for hydroxylation is 1. The van der Waals surface area contributed by atoms with Crippen LogP contribution < -0.4 is 5.32 Å². The quantitative estimate of drug-likeness (QED) is 0.591. The Morgan fingerprint density at radius 1 is 1.29 bits per heavy atom. The third-order valence-corrected chi connectivity index (χ3v) is 7.58. The number of esters is 1. The van der Waals surface area contributed by atoms with Crippen molar-refractivity contribution in [3.8, 4) is 6.07 Å². The number of H-pyrrole nitrogens is 1. The number of Topliss-reactive ketones (excluding diaryl/α,β-unsaturated/α-hetero) is 1. The lowest BCUT2D eigenvalue weighted by Crippen LogP contribution is -2.51. The van der Waals surface area contributed by atoms with Crippen molar-refractivity contribution in [1.82, 2.24) is 15.2 Å². The van der Waals surface area contributed by atoms with Gasteiger partial charge in [-0.25, -0.2) is 4.79 Å². The van der Waals surface area contributed by atoms with E-state index < -0.39 is 18.1 Å². The molecule has 1 aromatic heterocycles. The van der Waals surface area contributed by atoms with Crippen molar-refractivity contribution in [3.05, 3.63) is 23.0 Å². The Labute approximate surface area is 199 Å². The van der Waals surface area contributed by atoms with Gasteiger partial charge in [-0.2, -0.15) is 5.26 Å². The summed E-state index contributed by atoms with van der Waals surface area (Å²) in [4.78, 5) is 55.6. The molecule has 9 nitrogen and oxygen atoms in total. The van der Waals surface area contributed by atoms with E-state index in [1.54, 1.807) is 18.7 Å². The summed E-state index contributed by atoms with van der Waals surface area (Å²) < 4.78 is 5.06. The van der Waals surface area contributed by atoms with Gasteiger partial charge in [0.2, 0.25) is 5.91 Å². The summed E-state index contributed by atoms with van der Waals surface area (Å²) >= 11 is 0. The first kappa shape index (κ1) is 24.0. The van der Waals surface area contributed by atoms with Gasteiger partial charge in [0.05, 0.1) is 18.2 Å². The van der Waals surface area contributed by atoms with Gasteiger partial charge in [0.1, 0.15) is 23.6 Å². The fourth-order valence-corrected chi connectivity index (χ4v) is 5.92. The summed E-state index contributed by atoms with van der Waals surface area (Å²) in [5.41, 5.74) is 1.08. The number of nitriles is 1. The van der Waals surface area contributed by atoms with Gasteiger partial charge < -0.3 is 19.9 Å². The number of amides is 2. The Bertz CT molecular complexity index is 1020. The first-order valence-electron chi connectivity index (χ1n) is 12.2. The highest BCUT2D eigenvalue weighted by molar-refractivity contribution is 6.00. The van der Waals surface area contributed by atoms with Gasteiger partial charge in [-0.05, 0) is 63.9 Å². The SMILES string of the molecule is CCOC(=O)c1cc(C(=O)N2C[C@@H]3CCC[C@@H]3[C@H]2C(=O)N[C@H](C#N)C[C@@H]2CCCC2=O)[nH]c1C. The number of ketones is 1. The van der Waals surface area contributed by atoms with Crippen molar-refractivity contribution in [2.24, 2.45) is 17.8 Å². The monoisotopic (exact) mass is 468 g/mol. The van der Waals surface area contributed by atoms with Crippen LogP contribution in [-0.2, 0) is 14.3 Å². The van der Waals surface area contributed by atoms with Crippen LogP contribution in [0.15, 0.2) is 6.07 Å². The fraction of sp³-hybridized carbons (Fsp3) is 0.640. The molecule has 0 aromatic carbocycles. The van der Waals surface area contributed by atoms with Crippen LogP contribution in [0.5, 0.6) is 0 Å². The summed E-state index contributed by atoms with van der Waals surface area (Å²) in [5.74, 6) is -0.937. The predicted octanol–water partition coefficient (Wildman–Crippen LogP) is 2.51. The second kappa shape index (κ2) is 10.00. The Balaban J connectivity index is 1.52. The molecule has 0 bridgehead atoms. The zero-order valence-electron chi connectivity index (χ0n) is 19.8. The van der Waals surface area contributed by atoms with E-state index in [0.717, 1.165) is 32.1 Å².